The zero-order chi connectivity index (χ0) is 6.69. The van der Waals surface area contributed by atoms with E-state index in [-0.39, 0.29) is 5.75 Å². The molecule has 9 heavy (non-hydrogen) atoms. The fraction of sp³-hybridized carbons (Fsp3) is 0.200. The number of hydrogen-bond acceptors (Lipinski definition) is 3. The molecule has 0 fully saturated rings. The zero-order valence-electron chi connectivity index (χ0n) is 4.53. The van der Waals surface area contributed by atoms with Crippen molar-refractivity contribution in [1.29, 1.82) is 0 Å². The molecule has 1 radical (unpaired) electrons. The maximum absolute atomic E-state index is 10.0. The second kappa shape index (κ2) is 2.68. The molecule has 0 amide bonds. The van der Waals surface area contributed by atoms with Crippen LogP contribution in [0.2, 0.25) is 0 Å². The predicted octanol–water partition coefficient (Wildman–Crippen LogP) is 0.191. The Bertz CT molecular complexity index is 227. The molecule has 0 spiro atoms. The quantitative estimate of drug-likeness (QED) is 0.604. The Morgan fingerprint density at radius 1 is 1.67 bits per heavy atom. The molecule has 49 valence electrons. The van der Waals surface area contributed by atoms with Crippen molar-refractivity contribution < 1.29 is 12.8 Å². The smallest absolute Gasteiger partial charge is 0.144 e. The van der Waals surface area contributed by atoms with Gasteiger partial charge in [-0.25, -0.2) is 8.42 Å². The van der Waals surface area contributed by atoms with Crippen molar-refractivity contribution in [2.75, 3.05) is 0 Å². The van der Waals surface area contributed by atoms with Crippen molar-refractivity contribution in [3.8, 4) is 0 Å². The second-order valence-electron chi connectivity index (χ2n) is 1.53. The fourth-order valence-electron chi connectivity index (χ4n) is 0.482. The van der Waals surface area contributed by atoms with Gasteiger partial charge in [-0.05, 0) is 0 Å². The molecule has 3 nitrogen and oxygen atoms in total. The van der Waals surface area contributed by atoms with Gasteiger partial charge in [0.15, 0.2) is 0 Å². The van der Waals surface area contributed by atoms with Crippen LogP contribution in [0, 0.1) is 6.07 Å². The van der Waals surface area contributed by atoms with Crippen LogP contribution in [-0.4, -0.2) is 8.42 Å². The number of thiol groups is 1. The first-order chi connectivity index (χ1) is 4.29. The van der Waals surface area contributed by atoms with Gasteiger partial charge < -0.3 is 4.42 Å². The Labute approximate surface area is 54.2 Å². The summed E-state index contributed by atoms with van der Waals surface area (Å²) in [5, 5.41) is 0. The minimum Gasteiger partial charge on any atom is -0.472 e. The van der Waals surface area contributed by atoms with Gasteiger partial charge in [-0.2, -0.15) is 0 Å². The molecule has 0 atom stereocenters. The Kier molecular flexibility index (Phi) is 1.89. The van der Waals surface area contributed by atoms with E-state index in [9.17, 15) is 8.42 Å². The van der Waals surface area contributed by atoms with E-state index in [4.69, 9.17) is 0 Å². The summed E-state index contributed by atoms with van der Waals surface area (Å²) in [6.45, 7) is 0. The van der Waals surface area contributed by atoms with Gasteiger partial charge in [0.05, 0.1) is 18.3 Å². The lowest BCUT2D eigenvalue weighted by molar-refractivity contribution is 0.564. The Balaban J connectivity index is 2.68. The molecule has 0 bridgehead atoms. The highest BCUT2D eigenvalue weighted by Crippen LogP contribution is 1.98. The van der Waals surface area contributed by atoms with Gasteiger partial charge in [0.1, 0.15) is 10.7 Å². The van der Waals surface area contributed by atoms with Crippen molar-refractivity contribution in [2.24, 2.45) is 0 Å². The highest BCUT2D eigenvalue weighted by atomic mass is 32.2. The minimum absolute atomic E-state index is 0.0197. The highest BCUT2D eigenvalue weighted by molar-refractivity contribution is 7.71. The molecule has 0 N–H and O–H groups in total. The molecule has 1 aromatic rings. The van der Waals surface area contributed by atoms with Crippen molar-refractivity contribution in [3.05, 3.63) is 24.2 Å². The van der Waals surface area contributed by atoms with Crippen molar-refractivity contribution in [1.82, 2.24) is 0 Å². The summed E-state index contributed by atoms with van der Waals surface area (Å²) in [7, 11) is -2.34. The maximum atomic E-state index is 10.0. The zero-order valence-corrected chi connectivity index (χ0v) is 5.43. The van der Waals surface area contributed by atoms with Crippen LogP contribution < -0.4 is 0 Å². The Hall–Kier alpha value is -0.770. The molecule has 4 heteroatoms. The van der Waals surface area contributed by atoms with Crippen LogP contribution in [-0.2, 0) is 16.5 Å². The van der Waals surface area contributed by atoms with Crippen LogP contribution in [0.4, 0.5) is 0 Å². The molecular weight excluding hydrogens is 140 g/mol. The van der Waals surface area contributed by atoms with E-state index in [1.165, 1.54) is 12.5 Å². The molecule has 1 rings (SSSR count). The topological polar surface area (TPSA) is 47.3 Å². The third-order valence-corrected chi connectivity index (χ3v) is 1.42. The number of furan rings is 1. The minimum atomic E-state index is -2.34. The second-order valence-corrected chi connectivity index (χ2v) is 2.51. The molecular formula is C5H5O3S. The molecule has 0 aromatic carbocycles. The van der Waals surface area contributed by atoms with Gasteiger partial charge >= 0.3 is 0 Å². The van der Waals surface area contributed by atoms with Crippen molar-refractivity contribution in [3.63, 3.8) is 0 Å². The third-order valence-electron chi connectivity index (χ3n) is 0.822. The van der Waals surface area contributed by atoms with E-state index in [0.29, 0.717) is 5.56 Å². The summed E-state index contributed by atoms with van der Waals surface area (Å²) in [5.41, 5.74) is 0.575. The predicted molar refractivity (Wildman–Crippen MR) is 31.6 cm³/mol. The normalized spacial score (nSPS) is 10.3. The maximum Gasteiger partial charge on any atom is 0.144 e. The molecule has 0 unspecified atom stereocenters. The molecule has 1 heterocycles. The van der Waals surface area contributed by atoms with Gasteiger partial charge in [0, 0.05) is 11.6 Å². The van der Waals surface area contributed by atoms with E-state index in [2.05, 4.69) is 10.5 Å². The Morgan fingerprint density at radius 2 is 2.44 bits per heavy atom. The SMILES string of the molecule is O=[SH](=O)Cc1[c]coc1. The van der Waals surface area contributed by atoms with Crippen LogP contribution in [0.1, 0.15) is 5.56 Å². The summed E-state index contributed by atoms with van der Waals surface area (Å²) in [4.78, 5) is 0. The van der Waals surface area contributed by atoms with Gasteiger partial charge in [0.25, 0.3) is 0 Å². The largest absolute Gasteiger partial charge is 0.472 e. The van der Waals surface area contributed by atoms with Gasteiger partial charge in [-0.15, -0.1) is 0 Å². The molecule has 1 aromatic heterocycles. The van der Waals surface area contributed by atoms with E-state index < -0.39 is 10.7 Å². The van der Waals surface area contributed by atoms with Crippen LogP contribution in [0.3, 0.4) is 0 Å². The third kappa shape index (κ3) is 1.89. The first-order valence-electron chi connectivity index (χ1n) is 2.33. The van der Waals surface area contributed by atoms with Gasteiger partial charge in [-0.1, -0.05) is 0 Å². The molecule has 0 saturated carbocycles. The van der Waals surface area contributed by atoms with E-state index >= 15 is 0 Å². The lowest BCUT2D eigenvalue weighted by Gasteiger charge is -1.78. The first-order valence-corrected chi connectivity index (χ1v) is 3.70. The van der Waals surface area contributed by atoms with Crippen molar-refractivity contribution >= 4 is 10.7 Å². The van der Waals surface area contributed by atoms with E-state index in [1.807, 2.05) is 0 Å². The molecule has 0 saturated heterocycles. The highest BCUT2D eigenvalue weighted by Gasteiger charge is 1.93. The molecule has 0 aliphatic heterocycles. The van der Waals surface area contributed by atoms with E-state index in [1.54, 1.807) is 0 Å². The van der Waals surface area contributed by atoms with Crippen LogP contribution in [0.15, 0.2) is 16.9 Å². The number of rotatable bonds is 2. The lowest BCUT2D eigenvalue weighted by Crippen LogP contribution is -1.81. The standard InChI is InChI=1S/C5H5O3S/c6-9(7)4-5-1-2-8-3-5/h2-3,9H,4H2. The Morgan fingerprint density at radius 3 is 2.89 bits per heavy atom. The summed E-state index contributed by atoms with van der Waals surface area (Å²) in [5.74, 6) is 0.0197. The average molecular weight is 145 g/mol. The fourth-order valence-corrected chi connectivity index (χ4v) is 0.926. The summed E-state index contributed by atoms with van der Waals surface area (Å²) in [6.07, 6.45) is 2.69. The summed E-state index contributed by atoms with van der Waals surface area (Å²) in [6, 6.07) is 2.62. The van der Waals surface area contributed by atoms with Gasteiger partial charge in [-0.3, -0.25) is 0 Å². The van der Waals surface area contributed by atoms with Crippen LogP contribution in [0.5, 0.6) is 0 Å². The molecule has 0 aliphatic rings. The van der Waals surface area contributed by atoms with Gasteiger partial charge in [0.2, 0.25) is 0 Å². The lowest BCUT2D eigenvalue weighted by atomic mass is 10.4. The summed E-state index contributed by atoms with van der Waals surface area (Å²) < 4.78 is 24.7. The average Bonchev–Trinajstić information content (AvgIpc) is 2.15. The number of hydrogen-bond donors (Lipinski definition) is 1. The monoisotopic (exact) mass is 145 g/mol. The first kappa shape index (κ1) is 6.35. The summed E-state index contributed by atoms with van der Waals surface area (Å²) >= 11 is 0. The van der Waals surface area contributed by atoms with E-state index in [0.717, 1.165) is 0 Å². The van der Waals surface area contributed by atoms with Crippen LogP contribution in [0.25, 0.3) is 0 Å². The van der Waals surface area contributed by atoms with Crippen molar-refractivity contribution in [2.45, 2.75) is 5.75 Å². The van der Waals surface area contributed by atoms with Crippen LogP contribution >= 0.6 is 0 Å². The molecule has 0 aliphatic carbocycles.